The zero-order chi connectivity index (χ0) is 24.5. The fraction of sp³-hybridized carbons (Fsp3) is 0. The van der Waals surface area contributed by atoms with Gasteiger partial charge in [-0.05, 0) is 58.1 Å². The summed E-state index contributed by atoms with van der Waals surface area (Å²) in [4.78, 5) is 4.88. The van der Waals surface area contributed by atoms with E-state index in [0.29, 0.717) is 11.1 Å². The molecule has 0 saturated carbocycles. The normalized spacial score (nSPS) is 10.7. The minimum Gasteiger partial charge on any atom is -0.248 e. The second kappa shape index (κ2) is 8.84. The van der Waals surface area contributed by atoms with E-state index < -0.39 is 0 Å². The zero-order valence-corrected chi connectivity index (χ0v) is 19.3. The van der Waals surface area contributed by atoms with Crippen molar-refractivity contribution >= 4 is 21.8 Å². The average Bonchev–Trinajstić information content (AvgIpc) is 2.95. The standard InChI is InChI=1S/C33H19N3/c34-20-25-11-6-13-28(31(25)21-35)29-18-23(16-17-27(29)22-8-2-1-3-9-22)26-12-7-15-33-30(26)19-24-10-4-5-14-32(24)36-33/h1-19H. The minimum absolute atomic E-state index is 0.375. The Morgan fingerprint density at radius 1 is 0.500 bits per heavy atom. The number of benzene rings is 5. The van der Waals surface area contributed by atoms with Gasteiger partial charge in [-0.3, -0.25) is 0 Å². The molecule has 36 heavy (non-hydrogen) atoms. The van der Waals surface area contributed by atoms with Gasteiger partial charge in [0.2, 0.25) is 0 Å². The van der Waals surface area contributed by atoms with E-state index in [9.17, 15) is 10.5 Å². The van der Waals surface area contributed by atoms with E-state index in [1.54, 1.807) is 6.07 Å². The highest BCUT2D eigenvalue weighted by Gasteiger charge is 2.16. The lowest BCUT2D eigenvalue weighted by atomic mass is 9.87. The molecule has 0 unspecified atom stereocenters. The summed E-state index contributed by atoms with van der Waals surface area (Å²) in [6, 6.07) is 42.9. The molecular weight excluding hydrogens is 438 g/mol. The summed E-state index contributed by atoms with van der Waals surface area (Å²) < 4.78 is 0. The Kier molecular flexibility index (Phi) is 5.23. The summed E-state index contributed by atoms with van der Waals surface area (Å²) in [5, 5.41) is 21.8. The molecule has 6 aromatic rings. The molecule has 0 amide bonds. The van der Waals surface area contributed by atoms with Crippen molar-refractivity contribution in [2.45, 2.75) is 0 Å². The number of hydrogen-bond acceptors (Lipinski definition) is 3. The third-order valence-corrected chi connectivity index (χ3v) is 6.56. The quantitative estimate of drug-likeness (QED) is 0.252. The highest BCUT2D eigenvalue weighted by Crippen LogP contribution is 2.39. The number of para-hydroxylation sites is 1. The van der Waals surface area contributed by atoms with Gasteiger partial charge >= 0.3 is 0 Å². The van der Waals surface area contributed by atoms with E-state index in [1.165, 1.54) is 0 Å². The number of nitrogens with zero attached hydrogens (tertiary/aromatic N) is 3. The smallest absolute Gasteiger partial charge is 0.101 e. The van der Waals surface area contributed by atoms with Crippen molar-refractivity contribution in [2.75, 3.05) is 0 Å². The summed E-state index contributed by atoms with van der Waals surface area (Å²) in [7, 11) is 0. The molecule has 0 aliphatic carbocycles. The van der Waals surface area contributed by atoms with Crippen LogP contribution in [0.3, 0.4) is 0 Å². The van der Waals surface area contributed by atoms with Crippen LogP contribution in [-0.2, 0) is 0 Å². The molecule has 0 N–H and O–H groups in total. The van der Waals surface area contributed by atoms with Crippen LogP contribution in [0.5, 0.6) is 0 Å². The Morgan fingerprint density at radius 2 is 1.25 bits per heavy atom. The topological polar surface area (TPSA) is 60.5 Å². The van der Waals surface area contributed by atoms with Gasteiger partial charge in [0.1, 0.15) is 12.1 Å². The predicted octanol–water partition coefficient (Wildman–Crippen LogP) is 8.13. The molecule has 6 rings (SSSR count). The Hall–Kier alpha value is -5.25. The highest BCUT2D eigenvalue weighted by atomic mass is 14.7. The maximum Gasteiger partial charge on any atom is 0.101 e. The van der Waals surface area contributed by atoms with Crippen molar-refractivity contribution < 1.29 is 0 Å². The van der Waals surface area contributed by atoms with E-state index in [-0.39, 0.29) is 0 Å². The van der Waals surface area contributed by atoms with E-state index in [4.69, 9.17) is 4.98 Å². The van der Waals surface area contributed by atoms with E-state index in [2.05, 4.69) is 60.7 Å². The van der Waals surface area contributed by atoms with E-state index in [1.807, 2.05) is 60.7 Å². The first kappa shape index (κ1) is 21.3. The Morgan fingerprint density at radius 3 is 2.08 bits per heavy atom. The second-order valence-corrected chi connectivity index (χ2v) is 8.63. The monoisotopic (exact) mass is 457 g/mol. The maximum atomic E-state index is 9.97. The van der Waals surface area contributed by atoms with Gasteiger partial charge in [0.25, 0.3) is 0 Å². The lowest BCUT2D eigenvalue weighted by Gasteiger charge is -2.16. The number of hydrogen-bond donors (Lipinski definition) is 0. The molecule has 1 aromatic heterocycles. The molecule has 0 spiro atoms. The van der Waals surface area contributed by atoms with Crippen molar-refractivity contribution in [3.05, 3.63) is 126 Å². The first-order valence-electron chi connectivity index (χ1n) is 11.7. The Bertz CT molecular complexity index is 1860. The van der Waals surface area contributed by atoms with Gasteiger partial charge in [0, 0.05) is 16.3 Å². The first-order valence-corrected chi connectivity index (χ1v) is 11.7. The summed E-state index contributed by atoms with van der Waals surface area (Å²) in [5.74, 6) is 0. The molecule has 0 saturated heterocycles. The zero-order valence-electron chi connectivity index (χ0n) is 19.3. The number of nitriles is 2. The minimum atomic E-state index is 0.375. The van der Waals surface area contributed by atoms with E-state index >= 15 is 0 Å². The summed E-state index contributed by atoms with van der Waals surface area (Å²) in [6.45, 7) is 0. The average molecular weight is 458 g/mol. The molecule has 5 aromatic carbocycles. The summed E-state index contributed by atoms with van der Waals surface area (Å²) in [5.41, 5.74) is 8.49. The second-order valence-electron chi connectivity index (χ2n) is 8.63. The lowest BCUT2D eigenvalue weighted by Crippen LogP contribution is -1.93. The molecule has 0 radical (unpaired) electrons. The molecule has 0 aliphatic rings. The molecule has 0 atom stereocenters. The molecule has 0 aliphatic heterocycles. The van der Waals surface area contributed by atoms with Gasteiger partial charge in [-0.15, -0.1) is 0 Å². The van der Waals surface area contributed by atoms with Crippen molar-refractivity contribution in [1.82, 2.24) is 4.98 Å². The van der Waals surface area contributed by atoms with Crippen molar-refractivity contribution in [1.29, 1.82) is 10.5 Å². The highest BCUT2D eigenvalue weighted by molar-refractivity contribution is 6.02. The van der Waals surface area contributed by atoms with Gasteiger partial charge in [0.05, 0.1) is 22.2 Å². The SMILES string of the molecule is N#Cc1cccc(-c2cc(-c3cccc4nc5ccccc5cc34)ccc2-c2ccccc2)c1C#N. The fourth-order valence-corrected chi connectivity index (χ4v) is 4.85. The molecular formula is C33H19N3. The van der Waals surface area contributed by atoms with Crippen LogP contribution in [0.25, 0.3) is 55.2 Å². The van der Waals surface area contributed by atoms with Crippen LogP contribution >= 0.6 is 0 Å². The molecule has 0 fully saturated rings. The first-order chi connectivity index (χ1) is 17.8. The van der Waals surface area contributed by atoms with Crippen LogP contribution in [0.2, 0.25) is 0 Å². The third kappa shape index (κ3) is 3.57. The van der Waals surface area contributed by atoms with Crippen molar-refractivity contribution in [3.63, 3.8) is 0 Å². The molecule has 166 valence electrons. The Balaban J connectivity index is 1.65. The van der Waals surface area contributed by atoms with Gasteiger partial charge in [0.15, 0.2) is 0 Å². The number of aromatic nitrogens is 1. The number of pyridine rings is 1. The maximum absolute atomic E-state index is 9.97. The molecule has 0 bridgehead atoms. The van der Waals surface area contributed by atoms with Crippen LogP contribution in [0.4, 0.5) is 0 Å². The van der Waals surface area contributed by atoms with Crippen LogP contribution in [0.1, 0.15) is 11.1 Å². The summed E-state index contributed by atoms with van der Waals surface area (Å²) in [6.07, 6.45) is 0. The number of fused-ring (bicyclic) bond motifs is 2. The van der Waals surface area contributed by atoms with Crippen LogP contribution in [0.15, 0.2) is 115 Å². The van der Waals surface area contributed by atoms with E-state index in [0.717, 1.165) is 55.2 Å². The fourth-order valence-electron chi connectivity index (χ4n) is 4.85. The lowest BCUT2D eigenvalue weighted by molar-refractivity contribution is 1.42. The third-order valence-electron chi connectivity index (χ3n) is 6.56. The van der Waals surface area contributed by atoms with Gasteiger partial charge in [-0.1, -0.05) is 84.9 Å². The predicted molar refractivity (Wildman–Crippen MR) is 145 cm³/mol. The van der Waals surface area contributed by atoms with Gasteiger partial charge < -0.3 is 0 Å². The molecule has 1 heterocycles. The molecule has 3 heteroatoms. The summed E-state index contributed by atoms with van der Waals surface area (Å²) >= 11 is 0. The number of rotatable bonds is 3. The van der Waals surface area contributed by atoms with Crippen LogP contribution in [-0.4, -0.2) is 4.98 Å². The molecule has 3 nitrogen and oxygen atoms in total. The van der Waals surface area contributed by atoms with Crippen LogP contribution < -0.4 is 0 Å². The van der Waals surface area contributed by atoms with Crippen molar-refractivity contribution in [2.24, 2.45) is 0 Å². The van der Waals surface area contributed by atoms with Gasteiger partial charge in [-0.2, -0.15) is 10.5 Å². The van der Waals surface area contributed by atoms with Gasteiger partial charge in [-0.25, -0.2) is 4.98 Å². The van der Waals surface area contributed by atoms with Crippen LogP contribution in [0, 0.1) is 22.7 Å². The Labute approximate surface area is 209 Å². The van der Waals surface area contributed by atoms with Crippen molar-refractivity contribution in [3.8, 4) is 45.5 Å². The largest absolute Gasteiger partial charge is 0.248 e.